The maximum Gasteiger partial charge on any atom is 0.311 e. The van der Waals surface area contributed by atoms with E-state index in [1.54, 1.807) is 18.3 Å². The van der Waals surface area contributed by atoms with Crippen molar-refractivity contribution < 1.29 is 9.53 Å². The first-order valence-electron chi connectivity index (χ1n) is 9.51. The molecule has 3 atom stereocenters. The minimum atomic E-state index is -0.285. The molecule has 2 nitrogen and oxygen atoms in total. The molecule has 0 N–H and O–H groups in total. The zero-order valence-corrected chi connectivity index (χ0v) is 16.9. The molecule has 0 aromatic heterocycles. The third kappa shape index (κ3) is 2.42. The number of hydrogen-bond acceptors (Lipinski definition) is 4. The topological polar surface area (TPSA) is 26.3 Å². The van der Waals surface area contributed by atoms with E-state index in [-0.39, 0.29) is 16.8 Å². The molecule has 2 fully saturated rings. The van der Waals surface area contributed by atoms with Crippen LogP contribution >= 0.6 is 23.5 Å². The van der Waals surface area contributed by atoms with Crippen molar-refractivity contribution >= 4 is 29.5 Å². The summed E-state index contributed by atoms with van der Waals surface area (Å²) in [6.45, 7) is 4.65. The molecule has 1 aliphatic heterocycles. The van der Waals surface area contributed by atoms with Crippen molar-refractivity contribution in [3.63, 3.8) is 0 Å². The first-order valence-corrected chi connectivity index (χ1v) is 11.5. The van der Waals surface area contributed by atoms with Gasteiger partial charge in [0.2, 0.25) is 0 Å². The summed E-state index contributed by atoms with van der Waals surface area (Å²) < 4.78 is 5.73. The van der Waals surface area contributed by atoms with Gasteiger partial charge in [0.15, 0.2) is 0 Å². The number of methoxy groups -OCH3 is 1. The predicted molar refractivity (Wildman–Crippen MR) is 103 cm³/mol. The van der Waals surface area contributed by atoms with Crippen LogP contribution in [0.2, 0.25) is 0 Å². The number of fused-ring (bicyclic) bond motifs is 2. The van der Waals surface area contributed by atoms with Gasteiger partial charge in [0.1, 0.15) is 0 Å². The first kappa shape index (κ1) is 17.3. The summed E-state index contributed by atoms with van der Waals surface area (Å²) in [5, 5.41) is 0. The highest BCUT2D eigenvalue weighted by atomic mass is 32.2. The lowest BCUT2D eigenvalue weighted by Gasteiger charge is -2.56. The summed E-state index contributed by atoms with van der Waals surface area (Å²) >= 11 is 4.43. The molecule has 0 unspecified atom stereocenters. The Balaban J connectivity index is 1.68. The smallest absolute Gasteiger partial charge is 0.311 e. The minimum absolute atomic E-state index is 0.0247. The molecule has 4 heteroatoms. The van der Waals surface area contributed by atoms with Gasteiger partial charge < -0.3 is 4.74 Å². The lowest BCUT2D eigenvalue weighted by Crippen LogP contribution is -2.51. The number of rotatable bonds is 1. The third-order valence-corrected chi connectivity index (χ3v) is 11.0. The van der Waals surface area contributed by atoms with E-state index in [1.165, 1.54) is 50.0 Å². The van der Waals surface area contributed by atoms with Gasteiger partial charge in [-0.05, 0) is 63.2 Å². The Kier molecular flexibility index (Phi) is 4.31. The van der Waals surface area contributed by atoms with Gasteiger partial charge in [-0.1, -0.05) is 24.5 Å². The van der Waals surface area contributed by atoms with Gasteiger partial charge in [-0.15, -0.1) is 23.5 Å². The fourth-order valence-corrected chi connectivity index (χ4v) is 9.64. The van der Waals surface area contributed by atoms with Crippen molar-refractivity contribution in [1.82, 2.24) is 0 Å². The molecular formula is C20H30O2S2. The van der Waals surface area contributed by atoms with Crippen molar-refractivity contribution in [3.8, 4) is 0 Å². The molecular weight excluding hydrogens is 336 g/mol. The number of thioether (sulfide) groups is 2. The summed E-state index contributed by atoms with van der Waals surface area (Å²) in [6, 6.07) is 0. The van der Waals surface area contributed by atoms with Gasteiger partial charge in [0, 0.05) is 11.5 Å². The van der Waals surface area contributed by atoms with Crippen LogP contribution in [-0.2, 0) is 9.53 Å². The highest BCUT2D eigenvalue weighted by molar-refractivity contribution is 8.21. The van der Waals surface area contributed by atoms with Crippen molar-refractivity contribution in [2.24, 2.45) is 16.7 Å². The lowest BCUT2D eigenvalue weighted by atomic mass is 9.48. The summed E-state index contributed by atoms with van der Waals surface area (Å²) in [4.78, 5) is 12.6. The van der Waals surface area contributed by atoms with E-state index in [1.807, 2.05) is 0 Å². The second-order valence-electron chi connectivity index (χ2n) is 8.64. The summed E-state index contributed by atoms with van der Waals surface area (Å²) in [7, 11) is 1.56. The number of hydrogen-bond donors (Lipinski definition) is 0. The quantitative estimate of drug-likeness (QED) is 0.457. The molecule has 0 aromatic carbocycles. The van der Waals surface area contributed by atoms with E-state index in [2.05, 4.69) is 37.4 Å². The van der Waals surface area contributed by atoms with Crippen molar-refractivity contribution in [3.05, 3.63) is 11.1 Å². The number of carbonyl (C=O) groups is 1. The van der Waals surface area contributed by atoms with E-state index in [9.17, 15) is 4.79 Å². The second-order valence-corrected chi connectivity index (χ2v) is 11.9. The van der Waals surface area contributed by atoms with Crippen LogP contribution in [0.15, 0.2) is 11.1 Å². The zero-order chi connectivity index (χ0) is 17.0. The van der Waals surface area contributed by atoms with E-state index in [0.29, 0.717) is 10.00 Å². The van der Waals surface area contributed by atoms with Crippen LogP contribution in [0.4, 0.5) is 0 Å². The molecule has 0 amide bonds. The largest absolute Gasteiger partial charge is 0.469 e. The second kappa shape index (κ2) is 5.97. The fraction of sp³-hybridized carbons (Fsp3) is 0.850. The molecule has 134 valence electrons. The molecule has 1 heterocycles. The van der Waals surface area contributed by atoms with Crippen molar-refractivity contribution in [2.75, 3.05) is 18.6 Å². The maximum atomic E-state index is 12.6. The molecule has 24 heavy (non-hydrogen) atoms. The molecule has 4 aliphatic rings. The number of allylic oxidation sites excluding steroid dienone is 2. The van der Waals surface area contributed by atoms with E-state index < -0.39 is 0 Å². The SMILES string of the molecule is COC(=O)[C@]1(C)CCC[C@]2(C)C3=C(CC[C@@H]12)CC1(CC3)SCCS1. The lowest BCUT2D eigenvalue weighted by molar-refractivity contribution is -0.163. The highest BCUT2D eigenvalue weighted by Crippen LogP contribution is 2.65. The predicted octanol–water partition coefficient (Wildman–Crippen LogP) is 5.42. The van der Waals surface area contributed by atoms with Crippen molar-refractivity contribution in [1.29, 1.82) is 0 Å². The number of ether oxygens (including phenoxy) is 1. The van der Waals surface area contributed by atoms with E-state index in [4.69, 9.17) is 4.74 Å². The summed E-state index contributed by atoms with van der Waals surface area (Å²) in [6.07, 6.45) is 9.70. The van der Waals surface area contributed by atoms with Gasteiger partial charge in [-0.2, -0.15) is 0 Å². The number of carbonyl (C=O) groups excluding carboxylic acids is 1. The van der Waals surface area contributed by atoms with Crippen LogP contribution in [0.3, 0.4) is 0 Å². The monoisotopic (exact) mass is 366 g/mol. The Bertz CT molecular complexity index is 578. The Morgan fingerprint density at radius 3 is 2.58 bits per heavy atom. The van der Waals surface area contributed by atoms with Crippen LogP contribution in [-0.4, -0.2) is 28.7 Å². The molecule has 0 bridgehead atoms. The van der Waals surface area contributed by atoms with Gasteiger partial charge >= 0.3 is 5.97 Å². The molecule has 3 aliphatic carbocycles. The number of esters is 1. The van der Waals surface area contributed by atoms with Gasteiger partial charge in [0.25, 0.3) is 0 Å². The van der Waals surface area contributed by atoms with Crippen LogP contribution < -0.4 is 0 Å². The Labute approximate surface area is 154 Å². The minimum Gasteiger partial charge on any atom is -0.469 e. The normalized spacial score (nSPS) is 41.0. The Hall–Kier alpha value is -0.0900. The standard InChI is InChI=1S/C20H30O2S2/c1-18-8-4-9-19(2,17(21)22-3)16(18)6-5-14-13-20(10-7-15(14)18)23-11-12-24-20/h16H,4-13H2,1-3H3/t16-,18-,19-/m1/s1. The highest BCUT2D eigenvalue weighted by Gasteiger charge is 2.57. The Morgan fingerprint density at radius 1 is 1.12 bits per heavy atom. The van der Waals surface area contributed by atoms with Crippen LogP contribution in [0.1, 0.15) is 65.2 Å². The third-order valence-electron chi connectivity index (χ3n) is 7.49. The molecule has 0 radical (unpaired) electrons. The fourth-order valence-electron chi connectivity index (χ4n) is 6.35. The zero-order valence-electron chi connectivity index (χ0n) is 15.3. The molecule has 1 spiro atoms. The molecule has 0 aromatic rings. The van der Waals surface area contributed by atoms with Gasteiger partial charge in [-0.25, -0.2) is 0 Å². The van der Waals surface area contributed by atoms with Crippen LogP contribution in [0, 0.1) is 16.7 Å². The van der Waals surface area contributed by atoms with Gasteiger partial charge in [0.05, 0.1) is 16.6 Å². The molecule has 1 saturated carbocycles. The van der Waals surface area contributed by atoms with Gasteiger partial charge in [-0.3, -0.25) is 4.79 Å². The summed E-state index contributed by atoms with van der Waals surface area (Å²) in [5.41, 5.74) is 3.44. The van der Waals surface area contributed by atoms with E-state index in [0.717, 1.165) is 12.8 Å². The average molecular weight is 367 g/mol. The molecule has 4 rings (SSSR count). The Morgan fingerprint density at radius 2 is 1.88 bits per heavy atom. The summed E-state index contributed by atoms with van der Waals surface area (Å²) in [5.74, 6) is 3.14. The average Bonchev–Trinajstić information content (AvgIpc) is 3.01. The van der Waals surface area contributed by atoms with E-state index >= 15 is 0 Å². The van der Waals surface area contributed by atoms with Crippen LogP contribution in [0.5, 0.6) is 0 Å². The molecule has 1 saturated heterocycles. The first-order chi connectivity index (χ1) is 11.4. The van der Waals surface area contributed by atoms with Crippen molar-refractivity contribution in [2.45, 2.75) is 69.3 Å². The maximum absolute atomic E-state index is 12.6. The van der Waals surface area contributed by atoms with Crippen LogP contribution in [0.25, 0.3) is 0 Å².